The van der Waals surface area contributed by atoms with Crippen LogP contribution in [0.4, 0.5) is 0 Å². The van der Waals surface area contributed by atoms with Gasteiger partial charge in [-0.15, -0.1) is 0 Å². The van der Waals surface area contributed by atoms with E-state index >= 15 is 0 Å². The van der Waals surface area contributed by atoms with Gasteiger partial charge in [-0.05, 0) is 35.1 Å². The first-order valence-electron chi connectivity index (χ1n) is 13.9. The lowest BCUT2D eigenvalue weighted by Crippen LogP contribution is -2.44. The molecule has 4 saturated heterocycles. The van der Waals surface area contributed by atoms with Gasteiger partial charge in [0, 0.05) is 0 Å². The van der Waals surface area contributed by atoms with Crippen molar-refractivity contribution >= 4 is 0 Å². The molecule has 3 aromatic carbocycles. The molecule has 38 heavy (non-hydrogen) atoms. The van der Waals surface area contributed by atoms with Crippen molar-refractivity contribution < 1.29 is 18.9 Å². The Labute approximate surface area is 225 Å². The van der Waals surface area contributed by atoms with E-state index in [4.69, 9.17) is 18.9 Å². The number of hydrogen-bond acceptors (Lipinski definition) is 6. The summed E-state index contributed by atoms with van der Waals surface area (Å²) in [7, 11) is 0. The minimum absolute atomic E-state index is 0.102. The number of nitrogens with zero attached hydrogens (tertiary/aromatic N) is 2. The molecule has 7 rings (SSSR count). The van der Waals surface area contributed by atoms with E-state index in [2.05, 4.69) is 96.4 Å². The van der Waals surface area contributed by atoms with Gasteiger partial charge in [0.2, 0.25) is 0 Å². The van der Waals surface area contributed by atoms with Crippen LogP contribution in [0.25, 0.3) is 0 Å². The Kier molecular flexibility index (Phi) is 6.15. The van der Waals surface area contributed by atoms with Crippen molar-refractivity contribution in [2.75, 3.05) is 26.4 Å². The van der Waals surface area contributed by atoms with Crippen LogP contribution in [0.1, 0.15) is 73.9 Å². The summed E-state index contributed by atoms with van der Waals surface area (Å²) in [6.07, 6.45) is 1.44. The molecule has 0 aromatic heterocycles. The van der Waals surface area contributed by atoms with E-state index in [-0.39, 0.29) is 36.0 Å². The molecule has 0 radical (unpaired) electrons. The van der Waals surface area contributed by atoms with Gasteiger partial charge in [-0.3, -0.25) is 0 Å². The normalized spacial score (nSPS) is 35.0. The Morgan fingerprint density at radius 2 is 0.789 bits per heavy atom. The molecule has 6 heteroatoms. The van der Waals surface area contributed by atoms with Gasteiger partial charge in [-0.25, -0.2) is 9.80 Å². The molecule has 0 bridgehead atoms. The molecule has 0 unspecified atom stereocenters. The fourth-order valence-electron chi connectivity index (χ4n) is 6.74. The van der Waals surface area contributed by atoms with Crippen LogP contribution in [0.15, 0.2) is 84.9 Å². The molecule has 6 atom stereocenters. The van der Waals surface area contributed by atoms with Crippen molar-refractivity contribution in [1.82, 2.24) is 9.80 Å². The molecule has 0 aliphatic carbocycles. The van der Waals surface area contributed by atoms with Crippen molar-refractivity contribution in [2.24, 2.45) is 0 Å². The van der Waals surface area contributed by atoms with Gasteiger partial charge in [0.1, 0.15) is 24.9 Å². The Morgan fingerprint density at radius 3 is 1.08 bits per heavy atom. The van der Waals surface area contributed by atoms with Crippen molar-refractivity contribution in [3.63, 3.8) is 0 Å². The number of benzene rings is 3. The molecule has 0 amide bonds. The van der Waals surface area contributed by atoms with E-state index in [0.29, 0.717) is 26.4 Å². The van der Waals surface area contributed by atoms with Gasteiger partial charge in [0.15, 0.2) is 0 Å². The second-order valence-corrected chi connectivity index (χ2v) is 11.1. The van der Waals surface area contributed by atoms with Gasteiger partial charge in [-0.2, -0.15) is 0 Å². The molecular formula is C32H36N2O4. The van der Waals surface area contributed by atoms with E-state index in [0.717, 1.165) is 24.0 Å². The Bertz CT molecular complexity index is 1160. The van der Waals surface area contributed by atoms with Crippen LogP contribution in [-0.2, 0) is 18.9 Å². The Balaban J connectivity index is 1.18. The van der Waals surface area contributed by atoms with E-state index in [1.54, 1.807) is 0 Å². The summed E-state index contributed by atoms with van der Waals surface area (Å²) in [4.78, 5) is 4.90. The number of ether oxygens (including phenoxy) is 4. The quantitative estimate of drug-likeness (QED) is 0.397. The van der Waals surface area contributed by atoms with Crippen LogP contribution in [0, 0.1) is 0 Å². The molecular weight excluding hydrogens is 476 g/mol. The zero-order valence-corrected chi connectivity index (χ0v) is 22.2. The molecule has 4 aliphatic heterocycles. The van der Waals surface area contributed by atoms with E-state index in [9.17, 15) is 0 Å². The SMILES string of the molecule is CC[C@]12CO[C@H](c3ccc([C@H]4OC[C@]5(CC)CO[C@@H](c6ccccc6)N45)cc3)N1[C@H](c1ccccc1)OC2. The maximum atomic E-state index is 6.48. The average molecular weight is 513 g/mol. The fourth-order valence-corrected chi connectivity index (χ4v) is 6.74. The van der Waals surface area contributed by atoms with Gasteiger partial charge < -0.3 is 18.9 Å². The Hall–Kier alpha value is -2.58. The lowest BCUT2D eigenvalue weighted by molar-refractivity contribution is -0.0637. The third-order valence-corrected chi connectivity index (χ3v) is 9.14. The smallest absolute Gasteiger partial charge is 0.139 e. The van der Waals surface area contributed by atoms with Crippen molar-refractivity contribution in [3.05, 3.63) is 107 Å². The van der Waals surface area contributed by atoms with Crippen molar-refractivity contribution in [3.8, 4) is 0 Å². The number of fused-ring (bicyclic) bond motifs is 2. The predicted molar refractivity (Wildman–Crippen MR) is 144 cm³/mol. The molecule has 198 valence electrons. The Morgan fingerprint density at radius 1 is 0.500 bits per heavy atom. The predicted octanol–water partition coefficient (Wildman–Crippen LogP) is 6.10. The number of rotatable bonds is 6. The van der Waals surface area contributed by atoms with Gasteiger partial charge >= 0.3 is 0 Å². The molecule has 6 nitrogen and oxygen atoms in total. The second-order valence-electron chi connectivity index (χ2n) is 11.1. The second kappa shape index (κ2) is 9.56. The standard InChI is InChI=1S/C32H36N2O4/c1-3-31-19-35-27(23-11-7-5-8-12-23)33(31)29(37-21-31)25-15-17-26(18-16-25)30-34-28(24-13-9-6-10-14-24)36-20-32(34,4-2)22-38-30/h5-18,27-30H,3-4,19-22H2,1-2H3/t27-,28-,29+,30+,31-,32-/m0/s1. The summed E-state index contributed by atoms with van der Waals surface area (Å²) >= 11 is 0. The lowest BCUT2D eigenvalue weighted by atomic mass is 9.96. The molecule has 0 saturated carbocycles. The van der Waals surface area contributed by atoms with Crippen molar-refractivity contribution in [1.29, 1.82) is 0 Å². The summed E-state index contributed by atoms with van der Waals surface area (Å²) in [6.45, 7) is 7.18. The third kappa shape index (κ3) is 3.70. The highest BCUT2D eigenvalue weighted by molar-refractivity contribution is 5.31. The maximum absolute atomic E-state index is 6.48. The zero-order valence-electron chi connectivity index (χ0n) is 22.2. The maximum Gasteiger partial charge on any atom is 0.139 e. The molecule has 0 spiro atoms. The van der Waals surface area contributed by atoms with Crippen molar-refractivity contribution in [2.45, 2.75) is 62.7 Å². The number of hydrogen-bond donors (Lipinski definition) is 0. The van der Waals surface area contributed by atoms with E-state index in [1.807, 2.05) is 12.1 Å². The summed E-state index contributed by atoms with van der Waals surface area (Å²) < 4.78 is 25.7. The summed E-state index contributed by atoms with van der Waals surface area (Å²) in [5, 5.41) is 0. The molecule has 4 heterocycles. The van der Waals surface area contributed by atoms with E-state index < -0.39 is 0 Å². The third-order valence-electron chi connectivity index (χ3n) is 9.14. The van der Waals surface area contributed by atoms with Crippen LogP contribution in [0.5, 0.6) is 0 Å². The van der Waals surface area contributed by atoms with Gasteiger partial charge in [-0.1, -0.05) is 98.8 Å². The highest BCUT2D eigenvalue weighted by atomic mass is 16.6. The minimum atomic E-state index is -0.150. The van der Waals surface area contributed by atoms with Crippen LogP contribution in [0.3, 0.4) is 0 Å². The highest BCUT2D eigenvalue weighted by Gasteiger charge is 2.57. The minimum Gasteiger partial charge on any atom is -0.357 e. The first kappa shape index (κ1) is 24.5. The summed E-state index contributed by atoms with van der Waals surface area (Å²) in [6, 6.07) is 29.8. The fraction of sp³-hybridized carbons (Fsp3) is 0.438. The van der Waals surface area contributed by atoms with E-state index in [1.165, 1.54) is 11.1 Å². The van der Waals surface area contributed by atoms with Crippen LogP contribution < -0.4 is 0 Å². The first-order valence-corrected chi connectivity index (χ1v) is 13.9. The van der Waals surface area contributed by atoms with Gasteiger partial charge in [0.05, 0.1) is 37.5 Å². The first-order chi connectivity index (χ1) is 18.7. The zero-order chi connectivity index (χ0) is 25.7. The van der Waals surface area contributed by atoms with Gasteiger partial charge in [0.25, 0.3) is 0 Å². The summed E-state index contributed by atoms with van der Waals surface area (Å²) in [5.74, 6) is 0. The summed E-state index contributed by atoms with van der Waals surface area (Å²) in [5.41, 5.74) is 4.43. The molecule has 4 aliphatic rings. The monoisotopic (exact) mass is 512 g/mol. The molecule has 3 aromatic rings. The van der Waals surface area contributed by atoms with Crippen LogP contribution in [-0.4, -0.2) is 47.3 Å². The topological polar surface area (TPSA) is 43.4 Å². The lowest BCUT2D eigenvalue weighted by Gasteiger charge is -2.34. The average Bonchev–Trinajstić information content (AvgIpc) is 3.73. The van der Waals surface area contributed by atoms with Crippen LogP contribution >= 0.6 is 0 Å². The van der Waals surface area contributed by atoms with Crippen LogP contribution in [0.2, 0.25) is 0 Å². The highest BCUT2D eigenvalue weighted by Crippen LogP contribution is 2.52. The molecule has 0 N–H and O–H groups in total. The largest absolute Gasteiger partial charge is 0.357 e. The molecule has 4 fully saturated rings.